The maximum atomic E-state index is 11.5. The minimum atomic E-state index is -1.71. The molecule has 0 bridgehead atoms. The van der Waals surface area contributed by atoms with Gasteiger partial charge in [0, 0.05) is 12.1 Å². The molecule has 36 heavy (non-hydrogen) atoms. The zero-order chi connectivity index (χ0) is 28.8. The molecular formula is C21H31N5O8P2. The lowest BCUT2D eigenvalue weighted by atomic mass is 10.2. The van der Waals surface area contributed by atoms with Gasteiger partial charge in [-0.1, -0.05) is 18.5 Å². The van der Waals surface area contributed by atoms with Crippen LogP contribution < -0.4 is 41.6 Å². The van der Waals surface area contributed by atoms with Crippen molar-refractivity contribution >= 4 is 36.6 Å². The average molecular weight is 545 g/mol. The highest BCUT2D eigenvalue weighted by Crippen LogP contribution is 2.17. The van der Waals surface area contributed by atoms with Crippen molar-refractivity contribution < 1.29 is 41.5 Å². The van der Waals surface area contributed by atoms with Crippen molar-refractivity contribution in [1.82, 2.24) is 16.0 Å². The number of carbonyl (C=O) groups is 3. The molecule has 9 N–H and O–H groups in total. The highest BCUT2D eigenvalue weighted by atomic mass is 31.0. The summed E-state index contributed by atoms with van der Waals surface area (Å²) in [6.45, 7) is 0.144. The van der Waals surface area contributed by atoms with Crippen LogP contribution in [0, 0.1) is 0 Å². The monoisotopic (exact) mass is 545 g/mol. The molecule has 0 saturated heterocycles. The first-order valence-electron chi connectivity index (χ1n) is 11.2. The summed E-state index contributed by atoms with van der Waals surface area (Å²) >= 11 is 0. The van der Waals surface area contributed by atoms with E-state index >= 15 is 0 Å². The summed E-state index contributed by atoms with van der Waals surface area (Å²) in [4.78, 5) is 34.1. The van der Waals surface area contributed by atoms with Crippen LogP contribution in [0.25, 0.3) is 0 Å². The molecule has 0 radical (unpaired) electrons. The zero-order valence-electron chi connectivity index (χ0n) is 21.1. The Labute approximate surface area is 215 Å². The number of aliphatic hydroxyl groups excluding tert-OH is 2. The van der Waals surface area contributed by atoms with Crippen LogP contribution in [0.2, 0.25) is 0 Å². The quantitative estimate of drug-likeness (QED) is 0.156. The van der Waals surface area contributed by atoms with Gasteiger partial charge in [0.05, 0.1) is 27.7 Å². The molecule has 0 heterocycles. The Bertz CT molecular complexity index is 1040. The Morgan fingerprint density at radius 1 is 0.833 bits per heavy atom. The number of hydrogen-bond donors (Lipinski definition) is 7. The van der Waals surface area contributed by atoms with E-state index in [4.69, 9.17) is 38.6 Å². The van der Waals surface area contributed by atoms with Crippen LogP contribution in [0.3, 0.4) is 0 Å². The number of hydrogen-bond acceptors (Lipinski definition) is 10. The third-order valence-electron chi connectivity index (χ3n) is 3.61. The molecule has 198 valence electrons. The van der Waals surface area contributed by atoms with Gasteiger partial charge >= 0.3 is 12.2 Å². The van der Waals surface area contributed by atoms with Gasteiger partial charge < -0.3 is 51.8 Å². The molecule has 15 heteroatoms. The summed E-state index contributed by atoms with van der Waals surface area (Å²) in [7, 11) is 3.86. The van der Waals surface area contributed by atoms with Gasteiger partial charge in [-0.15, -0.1) is 0 Å². The van der Waals surface area contributed by atoms with Gasteiger partial charge in [0.15, 0.2) is 0 Å². The molecule has 4 atom stereocenters. The highest BCUT2D eigenvalue weighted by molar-refractivity contribution is 7.17. The molecule has 2 aromatic carbocycles. The molecule has 4 unspecified atom stereocenters. The first-order valence-corrected chi connectivity index (χ1v) is 11.4. The maximum absolute atomic E-state index is 11.5. The van der Waals surface area contributed by atoms with Crippen LogP contribution in [0.4, 0.5) is 9.59 Å². The van der Waals surface area contributed by atoms with Crippen molar-refractivity contribution in [3.63, 3.8) is 0 Å². The van der Waals surface area contributed by atoms with E-state index < -0.39 is 24.0 Å². The fourth-order valence-corrected chi connectivity index (χ4v) is 2.45. The van der Waals surface area contributed by atoms with Crippen molar-refractivity contribution in [3.05, 3.63) is 54.1 Å². The molecule has 13 nitrogen and oxygen atoms in total. The van der Waals surface area contributed by atoms with E-state index in [-0.39, 0.29) is 43.8 Å². The van der Waals surface area contributed by atoms with Crippen molar-refractivity contribution in [3.8, 4) is 17.2 Å². The number of amides is 3. The standard InChI is InChI=1S/C11H16N3O4P.C10H15N2O4P/c12-10(19)14-11(17)18-8-3-1-7(2-4-8)9(16)13-5-6-15;11-9(17)12-10(14)16-8-3-1-7(2-4-8)15-6-5-13/h1-4,10,15H,5-6,12,19H2,(H,13,16)(H,14,17);1-4,9,13H,5-6,11,17H2,(H,12,14)/i10D;9D. The fraction of sp³-hybridized carbons (Fsp3) is 0.286. The summed E-state index contributed by atoms with van der Waals surface area (Å²) in [5.74, 6) is -2.67. The number of ether oxygens (including phenoxy) is 3. The summed E-state index contributed by atoms with van der Waals surface area (Å²) in [5, 5.41) is 23.8. The Morgan fingerprint density at radius 2 is 1.28 bits per heavy atom. The molecule has 2 aromatic rings. The van der Waals surface area contributed by atoms with Gasteiger partial charge in [0.2, 0.25) is 0 Å². The van der Waals surface area contributed by atoms with Gasteiger partial charge in [-0.25, -0.2) is 9.59 Å². The first-order chi connectivity index (χ1) is 17.7. The number of nitrogens with one attached hydrogen (secondary N) is 3. The van der Waals surface area contributed by atoms with Crippen LogP contribution in [0.15, 0.2) is 48.5 Å². The average Bonchev–Trinajstić information content (AvgIpc) is 2.80. The SMILES string of the molecule is [2H]C(N)(P)NC(=O)Oc1ccc(C(=O)NCCO)cc1.[2H]C(N)(P)NC(=O)Oc1ccc(OCCO)cc1. The Hall–Kier alpha value is -3.05. The summed E-state index contributed by atoms with van der Waals surface area (Å²) in [6, 6.07) is 12.0. The molecule has 0 fully saturated rings. The van der Waals surface area contributed by atoms with Crippen LogP contribution in [-0.2, 0) is 0 Å². The van der Waals surface area contributed by atoms with Gasteiger partial charge in [-0.3, -0.25) is 4.79 Å². The molecular weight excluding hydrogens is 512 g/mol. The van der Waals surface area contributed by atoms with Crippen LogP contribution >= 0.6 is 18.5 Å². The third kappa shape index (κ3) is 13.7. The van der Waals surface area contributed by atoms with Crippen LogP contribution in [0.5, 0.6) is 17.2 Å². The van der Waals surface area contributed by atoms with Crippen molar-refractivity contribution in [2.75, 3.05) is 26.4 Å². The summed E-state index contributed by atoms with van der Waals surface area (Å²) in [5.41, 5.74) is 10.9. The Balaban J connectivity index is 0.000000382. The van der Waals surface area contributed by atoms with E-state index in [9.17, 15) is 14.4 Å². The molecule has 0 aliphatic rings. The predicted octanol–water partition coefficient (Wildman–Crippen LogP) is -0.122. The largest absolute Gasteiger partial charge is 0.491 e. The molecule has 0 aliphatic carbocycles. The molecule has 0 saturated carbocycles. The number of benzene rings is 2. The van der Waals surface area contributed by atoms with Gasteiger partial charge in [-0.05, 0) is 48.5 Å². The Morgan fingerprint density at radius 3 is 1.69 bits per heavy atom. The first kappa shape index (κ1) is 27.5. The van der Waals surface area contributed by atoms with Crippen molar-refractivity contribution in [2.24, 2.45) is 11.5 Å². The number of aliphatic hydroxyl groups is 2. The molecule has 0 aliphatic heterocycles. The van der Waals surface area contributed by atoms with Gasteiger partial charge in [-0.2, -0.15) is 0 Å². The topological polar surface area (TPSA) is 207 Å². The Kier molecular flexibility index (Phi) is 13.3. The van der Waals surface area contributed by atoms with E-state index in [0.29, 0.717) is 11.3 Å². The second kappa shape index (κ2) is 17.4. The van der Waals surface area contributed by atoms with Gasteiger partial charge in [0.25, 0.3) is 5.91 Å². The predicted molar refractivity (Wildman–Crippen MR) is 139 cm³/mol. The van der Waals surface area contributed by atoms with E-state index in [1.807, 2.05) is 18.5 Å². The molecule has 0 spiro atoms. The summed E-state index contributed by atoms with van der Waals surface area (Å²) < 4.78 is 29.4. The fourth-order valence-electron chi connectivity index (χ4n) is 2.21. The second-order valence-electron chi connectivity index (χ2n) is 6.49. The molecule has 2 rings (SSSR count). The van der Waals surface area contributed by atoms with E-state index in [2.05, 4.69) is 16.0 Å². The lowest BCUT2D eigenvalue weighted by Crippen LogP contribution is -2.38. The van der Waals surface area contributed by atoms with Crippen molar-refractivity contribution in [2.45, 2.75) is 11.8 Å². The minimum absolute atomic E-state index is 0.0725. The van der Waals surface area contributed by atoms with Crippen LogP contribution in [0.1, 0.15) is 13.1 Å². The van der Waals surface area contributed by atoms with Crippen molar-refractivity contribution in [1.29, 1.82) is 0 Å². The maximum Gasteiger partial charge on any atom is 0.414 e. The number of nitrogens with two attached hydrogens (primary N) is 2. The minimum Gasteiger partial charge on any atom is -0.491 e. The van der Waals surface area contributed by atoms with E-state index in [0.717, 1.165) is 0 Å². The van der Waals surface area contributed by atoms with E-state index in [1.54, 1.807) is 12.1 Å². The van der Waals surface area contributed by atoms with Crippen LogP contribution in [-0.4, -0.2) is 66.4 Å². The second-order valence-corrected chi connectivity index (χ2v) is 7.73. The normalized spacial score (nSPS) is 14.2. The lowest BCUT2D eigenvalue weighted by molar-refractivity contribution is 0.0944. The van der Waals surface area contributed by atoms with E-state index in [1.165, 1.54) is 36.4 Å². The summed E-state index contributed by atoms with van der Waals surface area (Å²) in [6.07, 6.45) is -1.71. The number of carbonyl (C=O) groups excluding carboxylic acids is 3. The highest BCUT2D eigenvalue weighted by Gasteiger charge is 2.08. The van der Waals surface area contributed by atoms with Gasteiger partial charge in [0.1, 0.15) is 23.9 Å². The number of rotatable bonds is 10. The third-order valence-corrected chi connectivity index (χ3v) is 3.90. The zero-order valence-corrected chi connectivity index (χ0v) is 21.4. The lowest BCUT2D eigenvalue weighted by Gasteiger charge is -2.09. The molecule has 3 amide bonds. The molecule has 0 aromatic heterocycles. The smallest absolute Gasteiger partial charge is 0.414 e.